The number of nitrogens with one attached hydrogen (secondary N) is 1. The Hall–Kier alpha value is -2.00. The summed E-state index contributed by atoms with van der Waals surface area (Å²) < 4.78 is 26.3. The predicted molar refractivity (Wildman–Crippen MR) is 75.6 cm³/mol. The summed E-state index contributed by atoms with van der Waals surface area (Å²) in [6.07, 6.45) is 1.69. The van der Waals surface area contributed by atoms with Gasteiger partial charge in [-0.3, -0.25) is 4.79 Å². The summed E-state index contributed by atoms with van der Waals surface area (Å²) in [5.41, 5.74) is -0.820. The van der Waals surface area contributed by atoms with Crippen molar-refractivity contribution in [3.63, 3.8) is 0 Å². The van der Waals surface area contributed by atoms with E-state index in [0.29, 0.717) is 12.8 Å². The highest BCUT2D eigenvalue weighted by atomic mass is 19.1. The second-order valence-corrected chi connectivity index (χ2v) is 5.70. The van der Waals surface area contributed by atoms with Gasteiger partial charge in [0.2, 0.25) is 5.91 Å². The second kappa shape index (κ2) is 6.84. The highest BCUT2D eigenvalue weighted by Crippen LogP contribution is 2.37. The van der Waals surface area contributed by atoms with Crippen LogP contribution in [0.25, 0.3) is 0 Å². The van der Waals surface area contributed by atoms with Gasteiger partial charge in [-0.05, 0) is 24.5 Å². The average molecular weight is 308 g/mol. The maximum absolute atomic E-state index is 13.5. The molecule has 0 unspecified atom stereocenters. The van der Waals surface area contributed by atoms with E-state index in [1.54, 1.807) is 0 Å². The van der Waals surface area contributed by atoms with Crippen LogP contribution in [0.2, 0.25) is 0 Å². The summed E-state index contributed by atoms with van der Waals surface area (Å²) in [5, 5.41) is 21.6. The normalized spacial score (nSPS) is 17.7. The maximum atomic E-state index is 13.5. The van der Waals surface area contributed by atoms with Crippen LogP contribution >= 0.6 is 0 Å². The number of aliphatic hydroxyl groups excluding tert-OH is 1. The summed E-state index contributed by atoms with van der Waals surface area (Å²) >= 11 is 0. The quantitative estimate of drug-likeness (QED) is 0.874. The van der Waals surface area contributed by atoms with Gasteiger partial charge in [0.05, 0.1) is 12.2 Å². The lowest BCUT2D eigenvalue weighted by atomic mass is 9.87. The van der Waals surface area contributed by atoms with Gasteiger partial charge in [-0.1, -0.05) is 18.9 Å². The zero-order valence-electron chi connectivity index (χ0n) is 12.1. The van der Waals surface area contributed by atoms with Crippen LogP contribution in [0.15, 0.2) is 18.2 Å². The van der Waals surface area contributed by atoms with E-state index in [4.69, 9.17) is 0 Å². The van der Waals surface area contributed by atoms with E-state index in [0.717, 1.165) is 25.0 Å². The van der Waals surface area contributed by atoms with Crippen LogP contribution in [0.3, 0.4) is 0 Å². The van der Waals surface area contributed by atoms with Gasteiger partial charge in [-0.25, -0.2) is 8.78 Å². The molecule has 1 aliphatic rings. The smallest absolute Gasteiger partial charge is 0.240 e. The van der Waals surface area contributed by atoms with Gasteiger partial charge >= 0.3 is 0 Å². The molecule has 0 radical (unpaired) electrons. The lowest BCUT2D eigenvalue weighted by Gasteiger charge is -2.20. The van der Waals surface area contributed by atoms with Gasteiger partial charge in [-0.2, -0.15) is 5.26 Å². The van der Waals surface area contributed by atoms with Gasteiger partial charge < -0.3 is 10.4 Å². The topological polar surface area (TPSA) is 73.1 Å². The number of hydrogen-bond donors (Lipinski definition) is 2. The van der Waals surface area contributed by atoms with Gasteiger partial charge in [0.25, 0.3) is 0 Å². The minimum atomic E-state index is -0.999. The number of halogens is 2. The Morgan fingerprint density at radius 2 is 2.09 bits per heavy atom. The first kappa shape index (κ1) is 16.4. The number of carbonyl (C=O) groups excluding carboxylic acids is 1. The van der Waals surface area contributed by atoms with Crippen molar-refractivity contribution in [2.24, 2.45) is 5.41 Å². The molecule has 0 saturated heterocycles. The number of aliphatic hydroxyl groups is 1. The number of nitriles is 1. The Balaban J connectivity index is 1.89. The van der Waals surface area contributed by atoms with Gasteiger partial charge in [-0.15, -0.1) is 0 Å². The van der Waals surface area contributed by atoms with Crippen LogP contribution in [-0.2, 0) is 11.2 Å². The third-order valence-electron chi connectivity index (χ3n) is 4.07. The number of hydrogen-bond acceptors (Lipinski definition) is 3. The van der Waals surface area contributed by atoms with E-state index in [1.165, 1.54) is 6.07 Å². The number of rotatable bonds is 5. The summed E-state index contributed by atoms with van der Waals surface area (Å²) in [6, 6.07) is 5.21. The molecule has 1 atom stereocenters. The fourth-order valence-corrected chi connectivity index (χ4v) is 2.76. The van der Waals surface area contributed by atoms with Gasteiger partial charge in [0, 0.05) is 19.0 Å². The Bertz CT molecular complexity index is 592. The molecule has 1 fully saturated rings. The number of amides is 1. The molecule has 1 aromatic carbocycles. The third kappa shape index (κ3) is 3.60. The Labute approximate surface area is 127 Å². The Morgan fingerprint density at radius 3 is 2.68 bits per heavy atom. The molecule has 22 heavy (non-hydrogen) atoms. The van der Waals surface area contributed by atoms with Crippen molar-refractivity contribution >= 4 is 5.91 Å². The fraction of sp³-hybridized carbons (Fsp3) is 0.500. The largest absolute Gasteiger partial charge is 0.391 e. The van der Waals surface area contributed by atoms with Crippen LogP contribution in [0, 0.1) is 28.4 Å². The Kier molecular flexibility index (Phi) is 5.09. The predicted octanol–water partition coefficient (Wildman–Crippen LogP) is 2.07. The van der Waals surface area contributed by atoms with Crippen molar-refractivity contribution in [1.29, 1.82) is 5.26 Å². The number of benzene rings is 1. The molecule has 6 heteroatoms. The maximum Gasteiger partial charge on any atom is 0.240 e. The number of carbonyl (C=O) groups is 1. The van der Waals surface area contributed by atoms with Crippen molar-refractivity contribution in [2.45, 2.75) is 38.2 Å². The monoisotopic (exact) mass is 308 g/mol. The molecule has 0 bridgehead atoms. The van der Waals surface area contributed by atoms with E-state index in [9.17, 15) is 23.9 Å². The molecule has 2 rings (SSSR count). The van der Waals surface area contributed by atoms with Crippen molar-refractivity contribution < 1.29 is 18.7 Å². The molecule has 1 amide bonds. The highest BCUT2D eigenvalue weighted by molar-refractivity contribution is 5.85. The molecular formula is C16H18F2N2O2. The summed E-state index contributed by atoms with van der Waals surface area (Å²) in [6.45, 7) is -0.0704. The highest BCUT2D eigenvalue weighted by Gasteiger charge is 2.41. The van der Waals surface area contributed by atoms with Crippen LogP contribution in [0.4, 0.5) is 8.78 Å². The van der Waals surface area contributed by atoms with E-state index in [2.05, 4.69) is 11.4 Å². The summed E-state index contributed by atoms with van der Waals surface area (Å²) in [7, 11) is 0. The summed E-state index contributed by atoms with van der Waals surface area (Å²) in [5.74, 6) is -1.79. The van der Waals surface area contributed by atoms with Crippen LogP contribution < -0.4 is 5.32 Å². The average Bonchev–Trinajstić information content (AvgIpc) is 2.98. The van der Waals surface area contributed by atoms with E-state index in [1.807, 2.05) is 0 Å². The minimum Gasteiger partial charge on any atom is -0.391 e. The molecular weight excluding hydrogens is 290 g/mol. The van der Waals surface area contributed by atoms with Crippen LogP contribution in [0.1, 0.15) is 31.2 Å². The fourth-order valence-electron chi connectivity index (χ4n) is 2.76. The van der Waals surface area contributed by atoms with Gasteiger partial charge in [0.15, 0.2) is 0 Å². The van der Waals surface area contributed by atoms with Gasteiger partial charge in [0.1, 0.15) is 17.0 Å². The lowest BCUT2D eigenvalue weighted by molar-refractivity contribution is -0.128. The molecule has 1 saturated carbocycles. The molecule has 0 aromatic heterocycles. The molecule has 118 valence electrons. The zero-order valence-corrected chi connectivity index (χ0v) is 12.1. The number of nitrogens with zero attached hydrogens (tertiary/aromatic N) is 1. The molecule has 1 aliphatic carbocycles. The van der Waals surface area contributed by atoms with Crippen molar-refractivity contribution in [3.8, 4) is 6.07 Å². The molecule has 4 nitrogen and oxygen atoms in total. The standard InChI is InChI=1S/C16H18F2N2O2/c17-12-4-3-11(14(18)8-12)7-13(21)9-20-15(22)16(10-19)5-1-2-6-16/h3-4,8,13,21H,1-2,5-7,9H2,(H,20,22)/t13-/m0/s1. The minimum absolute atomic E-state index is 0.0358. The van der Waals surface area contributed by atoms with Crippen molar-refractivity contribution in [1.82, 2.24) is 5.32 Å². The van der Waals surface area contributed by atoms with Crippen molar-refractivity contribution in [2.75, 3.05) is 6.54 Å². The molecule has 0 spiro atoms. The lowest BCUT2D eigenvalue weighted by Crippen LogP contribution is -2.42. The summed E-state index contributed by atoms with van der Waals surface area (Å²) in [4.78, 5) is 12.1. The zero-order chi connectivity index (χ0) is 16.2. The van der Waals surface area contributed by atoms with E-state index >= 15 is 0 Å². The van der Waals surface area contributed by atoms with E-state index < -0.39 is 23.2 Å². The van der Waals surface area contributed by atoms with Crippen LogP contribution in [-0.4, -0.2) is 23.7 Å². The molecule has 1 aromatic rings. The molecule has 0 aliphatic heterocycles. The molecule has 2 N–H and O–H groups in total. The van der Waals surface area contributed by atoms with E-state index in [-0.39, 0.29) is 24.4 Å². The SMILES string of the molecule is N#CC1(C(=O)NC[C@@H](O)Cc2ccc(F)cc2F)CCCC1. The van der Waals surface area contributed by atoms with Crippen molar-refractivity contribution in [3.05, 3.63) is 35.4 Å². The first-order chi connectivity index (χ1) is 10.5. The Morgan fingerprint density at radius 1 is 1.41 bits per heavy atom. The molecule has 0 heterocycles. The van der Waals surface area contributed by atoms with Crippen LogP contribution in [0.5, 0.6) is 0 Å². The second-order valence-electron chi connectivity index (χ2n) is 5.70. The third-order valence-corrected chi connectivity index (χ3v) is 4.07. The first-order valence-electron chi connectivity index (χ1n) is 7.28. The first-order valence-corrected chi connectivity index (χ1v) is 7.28.